The molecule has 0 aromatic heterocycles. The number of hydrogen-bond acceptors (Lipinski definition) is 5. The Kier molecular flexibility index (Phi) is 7.11. The van der Waals surface area contributed by atoms with E-state index in [1.807, 2.05) is 0 Å². The van der Waals surface area contributed by atoms with E-state index in [-0.39, 0.29) is 11.8 Å². The number of amides is 1. The average Bonchev–Trinajstić information content (AvgIpc) is 2.77. The Labute approximate surface area is 171 Å². The third-order valence-electron chi connectivity index (χ3n) is 5.14. The fourth-order valence-corrected chi connectivity index (χ4v) is 3.56. The lowest BCUT2D eigenvalue weighted by molar-refractivity contribution is 0.0613. The number of alkyl carbamates (subject to hydrolysis) is 1. The van der Waals surface area contributed by atoms with Gasteiger partial charge in [0.05, 0.1) is 14.2 Å². The van der Waals surface area contributed by atoms with Crippen LogP contribution >= 0.6 is 0 Å². The number of carbonyl (C=O) groups excluding carboxylic acids is 2. The van der Waals surface area contributed by atoms with Gasteiger partial charge in [0.15, 0.2) is 6.10 Å². The van der Waals surface area contributed by atoms with Crippen LogP contribution in [0.15, 0.2) is 48.5 Å². The van der Waals surface area contributed by atoms with Gasteiger partial charge < -0.3 is 19.5 Å². The molecule has 0 bridgehead atoms. The largest absolute Gasteiger partial charge is 0.497 e. The van der Waals surface area contributed by atoms with Crippen LogP contribution in [-0.2, 0) is 4.74 Å². The van der Waals surface area contributed by atoms with Crippen molar-refractivity contribution < 1.29 is 23.8 Å². The second kappa shape index (κ2) is 9.96. The molecule has 154 valence electrons. The second-order valence-corrected chi connectivity index (χ2v) is 7.14. The highest BCUT2D eigenvalue weighted by atomic mass is 16.6. The van der Waals surface area contributed by atoms with Crippen LogP contribution in [0.2, 0.25) is 0 Å². The summed E-state index contributed by atoms with van der Waals surface area (Å²) in [5.41, 5.74) is 0.957. The Hall–Kier alpha value is -3.02. The molecule has 0 spiro atoms. The van der Waals surface area contributed by atoms with E-state index < -0.39 is 12.2 Å². The monoisotopic (exact) mass is 397 g/mol. The molecule has 1 amide bonds. The molecule has 0 heterocycles. The van der Waals surface area contributed by atoms with Gasteiger partial charge in [-0.15, -0.1) is 0 Å². The zero-order valence-corrected chi connectivity index (χ0v) is 16.9. The Morgan fingerprint density at radius 2 is 1.59 bits per heavy atom. The van der Waals surface area contributed by atoms with Gasteiger partial charge in [0.2, 0.25) is 5.78 Å². The first-order valence-electron chi connectivity index (χ1n) is 9.90. The second-order valence-electron chi connectivity index (χ2n) is 7.14. The molecule has 2 aromatic carbocycles. The van der Waals surface area contributed by atoms with E-state index in [0.717, 1.165) is 25.7 Å². The molecule has 1 saturated carbocycles. The van der Waals surface area contributed by atoms with Gasteiger partial charge >= 0.3 is 6.09 Å². The third-order valence-corrected chi connectivity index (χ3v) is 5.14. The molecule has 1 unspecified atom stereocenters. The summed E-state index contributed by atoms with van der Waals surface area (Å²) in [7, 11) is 3.09. The molecule has 6 nitrogen and oxygen atoms in total. The van der Waals surface area contributed by atoms with Crippen LogP contribution in [0.25, 0.3) is 0 Å². The number of ketones is 1. The summed E-state index contributed by atoms with van der Waals surface area (Å²) in [6, 6.07) is 13.9. The summed E-state index contributed by atoms with van der Waals surface area (Å²) in [5.74, 6) is 0.824. The molecule has 0 saturated heterocycles. The minimum atomic E-state index is -1.08. The number of nitrogens with one attached hydrogen (secondary N) is 1. The van der Waals surface area contributed by atoms with Gasteiger partial charge in [0.1, 0.15) is 11.5 Å². The first-order valence-corrected chi connectivity index (χ1v) is 9.90. The van der Waals surface area contributed by atoms with E-state index in [0.29, 0.717) is 22.6 Å². The highest BCUT2D eigenvalue weighted by molar-refractivity contribution is 6.01. The van der Waals surface area contributed by atoms with E-state index >= 15 is 0 Å². The molecule has 2 aromatic rings. The Morgan fingerprint density at radius 1 is 0.931 bits per heavy atom. The van der Waals surface area contributed by atoms with E-state index in [4.69, 9.17) is 14.2 Å². The topological polar surface area (TPSA) is 73.9 Å². The van der Waals surface area contributed by atoms with Crippen molar-refractivity contribution in [3.8, 4) is 11.5 Å². The normalized spacial score (nSPS) is 15.2. The quantitative estimate of drug-likeness (QED) is 0.686. The molecular formula is C23H27NO5. The molecule has 1 atom stereocenters. The molecule has 3 rings (SSSR count). The highest BCUT2D eigenvalue weighted by Crippen LogP contribution is 2.27. The molecule has 0 radical (unpaired) electrons. The first kappa shape index (κ1) is 20.7. The minimum Gasteiger partial charge on any atom is -0.497 e. The van der Waals surface area contributed by atoms with Crippen molar-refractivity contribution in [3.63, 3.8) is 0 Å². The summed E-state index contributed by atoms with van der Waals surface area (Å²) >= 11 is 0. The summed E-state index contributed by atoms with van der Waals surface area (Å²) < 4.78 is 16.1. The summed E-state index contributed by atoms with van der Waals surface area (Å²) in [4.78, 5) is 25.8. The molecular weight excluding hydrogens is 370 g/mol. The number of carbonyl (C=O) groups is 2. The Morgan fingerprint density at radius 3 is 2.28 bits per heavy atom. The van der Waals surface area contributed by atoms with Gasteiger partial charge in [-0.05, 0) is 37.1 Å². The van der Waals surface area contributed by atoms with Crippen LogP contribution < -0.4 is 14.8 Å². The van der Waals surface area contributed by atoms with Crippen LogP contribution in [0.3, 0.4) is 0 Å². The molecule has 1 aliphatic carbocycles. The van der Waals surface area contributed by atoms with Crippen LogP contribution in [0.5, 0.6) is 11.5 Å². The zero-order valence-electron chi connectivity index (χ0n) is 16.9. The SMILES string of the molecule is COc1cccc(C(=O)C(OC(=O)NC2CCCCC2)c2cccc(OC)c2)c1. The van der Waals surface area contributed by atoms with Crippen molar-refractivity contribution >= 4 is 11.9 Å². The molecule has 1 fully saturated rings. The minimum absolute atomic E-state index is 0.0918. The lowest BCUT2D eigenvalue weighted by atomic mass is 9.96. The fraction of sp³-hybridized carbons (Fsp3) is 0.391. The van der Waals surface area contributed by atoms with Crippen molar-refractivity contribution in [1.82, 2.24) is 5.32 Å². The predicted octanol–water partition coefficient (Wildman–Crippen LogP) is 4.69. The lowest BCUT2D eigenvalue weighted by Gasteiger charge is -2.24. The zero-order chi connectivity index (χ0) is 20.6. The van der Waals surface area contributed by atoms with Crippen molar-refractivity contribution in [1.29, 1.82) is 0 Å². The van der Waals surface area contributed by atoms with Gasteiger partial charge in [-0.2, -0.15) is 0 Å². The van der Waals surface area contributed by atoms with Crippen LogP contribution in [0.1, 0.15) is 54.1 Å². The van der Waals surface area contributed by atoms with E-state index in [9.17, 15) is 9.59 Å². The van der Waals surface area contributed by atoms with Gasteiger partial charge in [0.25, 0.3) is 0 Å². The number of benzene rings is 2. The summed E-state index contributed by atoms with van der Waals surface area (Å²) in [6.45, 7) is 0. The van der Waals surface area contributed by atoms with Gasteiger partial charge in [-0.3, -0.25) is 4.79 Å². The number of hydrogen-bond donors (Lipinski definition) is 1. The van der Waals surface area contributed by atoms with E-state index in [1.54, 1.807) is 55.6 Å². The van der Waals surface area contributed by atoms with Crippen molar-refractivity contribution in [3.05, 3.63) is 59.7 Å². The maximum absolute atomic E-state index is 13.2. The van der Waals surface area contributed by atoms with Gasteiger partial charge in [-0.25, -0.2) is 4.79 Å². The van der Waals surface area contributed by atoms with Crippen molar-refractivity contribution in [2.24, 2.45) is 0 Å². The van der Waals surface area contributed by atoms with Gasteiger partial charge in [0, 0.05) is 17.2 Å². The van der Waals surface area contributed by atoms with Crippen LogP contribution in [-0.4, -0.2) is 32.1 Å². The third kappa shape index (κ3) is 5.50. The fourth-order valence-electron chi connectivity index (χ4n) is 3.56. The summed E-state index contributed by atoms with van der Waals surface area (Å²) in [5, 5.41) is 2.91. The maximum Gasteiger partial charge on any atom is 0.408 e. The number of methoxy groups -OCH3 is 2. The van der Waals surface area contributed by atoms with Crippen LogP contribution in [0, 0.1) is 0 Å². The molecule has 29 heavy (non-hydrogen) atoms. The average molecular weight is 397 g/mol. The maximum atomic E-state index is 13.2. The predicted molar refractivity (Wildman–Crippen MR) is 110 cm³/mol. The lowest BCUT2D eigenvalue weighted by Crippen LogP contribution is -2.38. The van der Waals surface area contributed by atoms with E-state index in [2.05, 4.69) is 5.32 Å². The summed E-state index contributed by atoms with van der Waals surface area (Å²) in [6.07, 6.45) is 3.57. The standard InChI is InChI=1S/C23H27NO5/c1-27-19-12-6-8-16(14-19)21(25)22(17-9-7-13-20(15-17)28-2)29-23(26)24-18-10-4-3-5-11-18/h6-9,12-15,18,22H,3-5,10-11H2,1-2H3,(H,24,26). The van der Waals surface area contributed by atoms with Crippen molar-refractivity contribution in [2.75, 3.05) is 14.2 Å². The van der Waals surface area contributed by atoms with E-state index in [1.165, 1.54) is 13.5 Å². The highest BCUT2D eigenvalue weighted by Gasteiger charge is 2.28. The molecule has 1 aliphatic rings. The Bertz CT molecular complexity index is 845. The smallest absolute Gasteiger partial charge is 0.408 e. The van der Waals surface area contributed by atoms with Crippen LogP contribution in [0.4, 0.5) is 4.79 Å². The van der Waals surface area contributed by atoms with Gasteiger partial charge in [-0.1, -0.05) is 43.5 Å². The van der Waals surface area contributed by atoms with Crippen molar-refractivity contribution in [2.45, 2.75) is 44.2 Å². The number of Topliss-reactive ketones (excluding diaryl/α,β-unsaturated/α-hetero) is 1. The Balaban J connectivity index is 1.84. The number of rotatable bonds is 7. The molecule has 6 heteroatoms. The molecule has 1 N–H and O–H groups in total. The number of ether oxygens (including phenoxy) is 3. The first-order chi connectivity index (χ1) is 14.1. The molecule has 0 aliphatic heterocycles.